The van der Waals surface area contributed by atoms with Gasteiger partial charge in [-0.1, -0.05) is 12.1 Å². The third-order valence-corrected chi connectivity index (χ3v) is 3.98. The fraction of sp³-hybridized carbons (Fsp3) is 0.312. The molecule has 2 N–H and O–H groups in total. The van der Waals surface area contributed by atoms with Crippen molar-refractivity contribution < 1.29 is 19.5 Å². The van der Waals surface area contributed by atoms with Crippen LogP contribution in [0.2, 0.25) is 0 Å². The SMILES string of the molecule is CC(=O)N1CCc2cccc(NC3=CC(=O)N(CCO)C3=O)c21. The van der Waals surface area contributed by atoms with Crippen LogP contribution in [-0.4, -0.2) is 47.4 Å². The highest BCUT2D eigenvalue weighted by Crippen LogP contribution is 2.36. The van der Waals surface area contributed by atoms with Gasteiger partial charge in [0.25, 0.3) is 11.8 Å². The summed E-state index contributed by atoms with van der Waals surface area (Å²) >= 11 is 0. The molecule has 7 heteroatoms. The minimum Gasteiger partial charge on any atom is -0.395 e. The Balaban J connectivity index is 1.90. The topological polar surface area (TPSA) is 90.0 Å². The zero-order valence-electron chi connectivity index (χ0n) is 12.7. The largest absolute Gasteiger partial charge is 0.395 e. The molecule has 0 aromatic heterocycles. The molecule has 0 spiro atoms. The van der Waals surface area contributed by atoms with Crippen LogP contribution in [-0.2, 0) is 20.8 Å². The van der Waals surface area contributed by atoms with Crippen LogP contribution in [0.4, 0.5) is 11.4 Å². The van der Waals surface area contributed by atoms with E-state index in [1.54, 1.807) is 11.0 Å². The highest BCUT2D eigenvalue weighted by molar-refractivity contribution is 6.17. The Morgan fingerprint density at radius 2 is 2.13 bits per heavy atom. The molecule has 23 heavy (non-hydrogen) atoms. The molecule has 0 saturated heterocycles. The van der Waals surface area contributed by atoms with Gasteiger partial charge in [-0.25, -0.2) is 0 Å². The van der Waals surface area contributed by atoms with Gasteiger partial charge in [0.2, 0.25) is 5.91 Å². The zero-order valence-corrected chi connectivity index (χ0v) is 12.7. The molecule has 0 atom stereocenters. The number of amides is 3. The number of carbonyl (C=O) groups excluding carboxylic acids is 3. The number of aliphatic hydroxyl groups excluding tert-OH is 1. The third kappa shape index (κ3) is 2.59. The Morgan fingerprint density at radius 1 is 1.35 bits per heavy atom. The number of nitrogens with one attached hydrogen (secondary N) is 1. The lowest BCUT2D eigenvalue weighted by molar-refractivity contribution is -0.137. The molecule has 1 aromatic rings. The molecular weight excluding hydrogens is 298 g/mol. The van der Waals surface area contributed by atoms with Gasteiger partial charge < -0.3 is 15.3 Å². The number of nitrogens with zero attached hydrogens (tertiary/aromatic N) is 2. The number of imide groups is 1. The highest BCUT2D eigenvalue weighted by atomic mass is 16.3. The lowest BCUT2D eigenvalue weighted by atomic mass is 10.1. The maximum atomic E-state index is 12.2. The number of rotatable bonds is 4. The Bertz CT molecular complexity index is 726. The molecule has 2 aliphatic heterocycles. The number of anilines is 2. The van der Waals surface area contributed by atoms with E-state index in [-0.39, 0.29) is 24.8 Å². The molecule has 0 bridgehead atoms. The Kier molecular flexibility index (Phi) is 3.87. The number of hydrogen-bond acceptors (Lipinski definition) is 5. The minimum atomic E-state index is -0.478. The van der Waals surface area contributed by atoms with E-state index < -0.39 is 11.8 Å². The maximum absolute atomic E-state index is 12.2. The van der Waals surface area contributed by atoms with Crippen LogP contribution in [0, 0.1) is 0 Å². The lowest BCUT2D eigenvalue weighted by Crippen LogP contribution is -2.34. The van der Waals surface area contributed by atoms with Gasteiger partial charge in [-0.15, -0.1) is 0 Å². The maximum Gasteiger partial charge on any atom is 0.277 e. The summed E-state index contributed by atoms with van der Waals surface area (Å²) in [6, 6.07) is 5.56. The van der Waals surface area contributed by atoms with Gasteiger partial charge in [0.15, 0.2) is 0 Å². The summed E-state index contributed by atoms with van der Waals surface area (Å²) in [5.41, 5.74) is 2.54. The summed E-state index contributed by atoms with van der Waals surface area (Å²) in [6.07, 6.45) is 1.97. The first-order valence-corrected chi connectivity index (χ1v) is 7.38. The molecule has 3 amide bonds. The molecule has 0 unspecified atom stereocenters. The van der Waals surface area contributed by atoms with Crippen molar-refractivity contribution in [3.05, 3.63) is 35.5 Å². The summed E-state index contributed by atoms with van der Waals surface area (Å²) < 4.78 is 0. The van der Waals surface area contributed by atoms with E-state index in [1.165, 1.54) is 13.0 Å². The average molecular weight is 315 g/mol. The average Bonchev–Trinajstić information content (AvgIpc) is 3.05. The van der Waals surface area contributed by atoms with E-state index >= 15 is 0 Å². The number of benzene rings is 1. The van der Waals surface area contributed by atoms with Crippen molar-refractivity contribution in [3.8, 4) is 0 Å². The molecule has 2 aliphatic rings. The van der Waals surface area contributed by atoms with Crippen molar-refractivity contribution in [1.29, 1.82) is 0 Å². The van der Waals surface area contributed by atoms with E-state index in [2.05, 4.69) is 5.32 Å². The number of carbonyl (C=O) groups is 3. The molecule has 0 saturated carbocycles. The van der Waals surface area contributed by atoms with Crippen molar-refractivity contribution in [1.82, 2.24) is 4.90 Å². The van der Waals surface area contributed by atoms with E-state index in [1.807, 2.05) is 12.1 Å². The Labute approximate surface area is 133 Å². The molecule has 3 rings (SSSR count). The van der Waals surface area contributed by atoms with Crippen LogP contribution in [0.1, 0.15) is 12.5 Å². The second kappa shape index (κ2) is 5.85. The predicted molar refractivity (Wildman–Crippen MR) is 83.7 cm³/mol. The lowest BCUT2D eigenvalue weighted by Gasteiger charge is -2.20. The summed E-state index contributed by atoms with van der Waals surface area (Å²) in [6.45, 7) is 1.79. The first-order valence-electron chi connectivity index (χ1n) is 7.38. The standard InChI is InChI=1S/C16H17N3O4/c1-10(21)18-6-5-11-3-2-4-12(15(11)18)17-13-9-14(22)19(7-8-20)16(13)23/h2-4,9,17,20H,5-8H2,1H3. The number of fused-ring (bicyclic) bond motifs is 1. The summed E-state index contributed by atoms with van der Waals surface area (Å²) in [4.78, 5) is 38.4. The summed E-state index contributed by atoms with van der Waals surface area (Å²) in [5, 5.41) is 11.9. The molecule has 0 aliphatic carbocycles. The van der Waals surface area contributed by atoms with Gasteiger partial charge >= 0.3 is 0 Å². The minimum absolute atomic E-state index is 0.0359. The van der Waals surface area contributed by atoms with Crippen molar-refractivity contribution >= 4 is 29.1 Å². The monoisotopic (exact) mass is 315 g/mol. The van der Waals surface area contributed by atoms with Gasteiger partial charge in [-0.2, -0.15) is 0 Å². The number of β-amino-alcohol motifs (C(OH)–C–C–N with tert-alkyl or cyclic N) is 1. The highest BCUT2D eigenvalue weighted by Gasteiger charge is 2.32. The van der Waals surface area contributed by atoms with Gasteiger partial charge in [0.05, 0.1) is 24.5 Å². The van der Waals surface area contributed by atoms with Crippen LogP contribution in [0.3, 0.4) is 0 Å². The Morgan fingerprint density at radius 3 is 2.83 bits per heavy atom. The first-order chi connectivity index (χ1) is 11.0. The molecule has 2 heterocycles. The fourth-order valence-corrected chi connectivity index (χ4v) is 2.93. The summed E-state index contributed by atoms with van der Waals surface area (Å²) in [7, 11) is 0. The number of hydrogen-bond donors (Lipinski definition) is 2. The number of aliphatic hydroxyl groups is 1. The van der Waals surface area contributed by atoms with E-state index in [0.29, 0.717) is 12.2 Å². The van der Waals surface area contributed by atoms with Crippen LogP contribution >= 0.6 is 0 Å². The van der Waals surface area contributed by atoms with E-state index in [0.717, 1.165) is 22.6 Å². The van der Waals surface area contributed by atoms with Crippen LogP contribution in [0.5, 0.6) is 0 Å². The second-order valence-corrected chi connectivity index (χ2v) is 5.44. The van der Waals surface area contributed by atoms with E-state index in [4.69, 9.17) is 5.11 Å². The number of para-hydroxylation sites is 1. The zero-order chi connectivity index (χ0) is 16.6. The smallest absolute Gasteiger partial charge is 0.277 e. The van der Waals surface area contributed by atoms with Crippen LogP contribution in [0.25, 0.3) is 0 Å². The normalized spacial score (nSPS) is 16.7. The molecule has 7 nitrogen and oxygen atoms in total. The van der Waals surface area contributed by atoms with Gasteiger partial charge in [0.1, 0.15) is 5.70 Å². The van der Waals surface area contributed by atoms with Crippen LogP contribution in [0.15, 0.2) is 30.0 Å². The summed E-state index contributed by atoms with van der Waals surface area (Å²) in [5.74, 6) is -1.00. The molecule has 0 radical (unpaired) electrons. The van der Waals surface area contributed by atoms with Gasteiger partial charge in [-0.05, 0) is 18.1 Å². The van der Waals surface area contributed by atoms with Crippen molar-refractivity contribution in [2.75, 3.05) is 29.9 Å². The van der Waals surface area contributed by atoms with Gasteiger partial charge in [0, 0.05) is 19.5 Å². The Hall–Kier alpha value is -2.67. The molecule has 0 fully saturated rings. The predicted octanol–water partition coefficient (Wildman–Crippen LogP) is 0.253. The second-order valence-electron chi connectivity index (χ2n) is 5.44. The van der Waals surface area contributed by atoms with Gasteiger partial charge in [-0.3, -0.25) is 19.3 Å². The van der Waals surface area contributed by atoms with Crippen molar-refractivity contribution in [2.24, 2.45) is 0 Å². The van der Waals surface area contributed by atoms with Crippen LogP contribution < -0.4 is 10.2 Å². The third-order valence-electron chi connectivity index (χ3n) is 3.98. The molecular formula is C16H17N3O4. The molecule has 1 aromatic carbocycles. The van der Waals surface area contributed by atoms with Crippen molar-refractivity contribution in [3.63, 3.8) is 0 Å². The first kappa shape index (κ1) is 15.2. The van der Waals surface area contributed by atoms with E-state index in [9.17, 15) is 14.4 Å². The fourth-order valence-electron chi connectivity index (χ4n) is 2.93. The quantitative estimate of drug-likeness (QED) is 0.778. The van der Waals surface area contributed by atoms with Crippen molar-refractivity contribution in [2.45, 2.75) is 13.3 Å². The molecule has 120 valence electrons.